The molecule has 3 rings (SSSR count). The summed E-state index contributed by atoms with van der Waals surface area (Å²) in [5.41, 5.74) is 1.23. The molecule has 2 N–H and O–H groups in total. The maximum absolute atomic E-state index is 12.3. The SMILES string of the molecule is C[C@@H]1CCCCN1CCCNC(=O)c1ccc(NC(=O)CSc2nnnn2C)cc1. The fourth-order valence-electron chi connectivity index (χ4n) is 3.45. The summed E-state index contributed by atoms with van der Waals surface area (Å²) < 4.78 is 1.51. The van der Waals surface area contributed by atoms with Crippen LogP contribution in [0.1, 0.15) is 43.0 Å². The van der Waals surface area contributed by atoms with E-state index in [4.69, 9.17) is 0 Å². The number of aryl methyl sites for hydroxylation is 1. The Morgan fingerprint density at radius 2 is 2.03 bits per heavy atom. The Balaban J connectivity index is 1.37. The maximum Gasteiger partial charge on any atom is 0.251 e. The molecule has 2 aromatic rings. The van der Waals surface area contributed by atoms with Gasteiger partial charge in [-0.05, 0) is 67.4 Å². The Morgan fingerprint density at radius 3 is 2.73 bits per heavy atom. The molecular formula is C20H29N7O2S. The minimum absolute atomic E-state index is 0.0927. The number of anilines is 1. The molecule has 2 amide bonds. The first-order valence-corrected chi connectivity index (χ1v) is 11.3. The van der Waals surface area contributed by atoms with Crippen molar-refractivity contribution in [2.24, 2.45) is 7.05 Å². The van der Waals surface area contributed by atoms with Crippen molar-refractivity contribution < 1.29 is 9.59 Å². The van der Waals surface area contributed by atoms with E-state index in [1.165, 1.54) is 35.7 Å². The van der Waals surface area contributed by atoms with Crippen molar-refractivity contribution in [1.82, 2.24) is 30.4 Å². The summed E-state index contributed by atoms with van der Waals surface area (Å²) in [5.74, 6) is -0.0523. The van der Waals surface area contributed by atoms with Gasteiger partial charge in [-0.25, -0.2) is 4.68 Å². The number of thioether (sulfide) groups is 1. The molecule has 0 aliphatic carbocycles. The van der Waals surface area contributed by atoms with E-state index in [-0.39, 0.29) is 17.6 Å². The minimum Gasteiger partial charge on any atom is -0.352 e. The molecule has 10 heteroatoms. The number of tetrazole rings is 1. The highest BCUT2D eigenvalue weighted by Gasteiger charge is 2.17. The number of carbonyl (C=O) groups excluding carboxylic acids is 2. The van der Waals surface area contributed by atoms with Crippen LogP contribution in [-0.2, 0) is 11.8 Å². The van der Waals surface area contributed by atoms with E-state index in [1.54, 1.807) is 31.3 Å². The highest BCUT2D eigenvalue weighted by molar-refractivity contribution is 7.99. The van der Waals surface area contributed by atoms with Crippen LogP contribution in [0.2, 0.25) is 0 Å². The molecule has 1 aromatic heterocycles. The standard InChI is InChI=1S/C20H29N7O2S/c1-15-6-3-4-12-27(15)13-5-11-21-19(29)16-7-9-17(10-8-16)22-18(28)14-30-20-23-24-25-26(20)2/h7-10,15H,3-6,11-14H2,1-2H3,(H,21,29)(H,22,28)/t15-/m1/s1. The fraction of sp³-hybridized carbons (Fsp3) is 0.550. The lowest BCUT2D eigenvalue weighted by Gasteiger charge is -2.33. The number of benzene rings is 1. The third-order valence-electron chi connectivity index (χ3n) is 5.19. The molecule has 0 radical (unpaired) electrons. The summed E-state index contributed by atoms with van der Waals surface area (Å²) in [6.07, 6.45) is 4.81. The lowest BCUT2D eigenvalue weighted by atomic mass is 10.0. The summed E-state index contributed by atoms with van der Waals surface area (Å²) in [7, 11) is 1.72. The second-order valence-electron chi connectivity index (χ2n) is 7.49. The fourth-order valence-corrected chi connectivity index (χ4v) is 4.10. The Hall–Kier alpha value is -2.46. The second kappa shape index (κ2) is 11.1. The van der Waals surface area contributed by atoms with Crippen LogP contribution in [0, 0.1) is 0 Å². The molecule has 0 unspecified atom stereocenters. The van der Waals surface area contributed by atoms with Crippen LogP contribution in [0.4, 0.5) is 5.69 Å². The number of hydrogen-bond donors (Lipinski definition) is 2. The van der Waals surface area contributed by atoms with Gasteiger partial charge >= 0.3 is 0 Å². The molecule has 0 spiro atoms. The number of carbonyl (C=O) groups is 2. The number of aromatic nitrogens is 4. The summed E-state index contributed by atoms with van der Waals surface area (Å²) in [4.78, 5) is 26.9. The zero-order valence-corrected chi connectivity index (χ0v) is 18.3. The van der Waals surface area contributed by atoms with E-state index in [9.17, 15) is 9.59 Å². The molecule has 30 heavy (non-hydrogen) atoms. The number of nitrogens with zero attached hydrogens (tertiary/aromatic N) is 5. The lowest BCUT2D eigenvalue weighted by Crippen LogP contribution is -2.39. The quantitative estimate of drug-likeness (QED) is 0.462. The van der Waals surface area contributed by atoms with Gasteiger partial charge in [0.05, 0.1) is 5.75 Å². The molecule has 1 saturated heterocycles. The molecule has 0 saturated carbocycles. The molecule has 1 atom stereocenters. The van der Waals surface area contributed by atoms with Crippen molar-refractivity contribution >= 4 is 29.3 Å². The Kier molecular flexibility index (Phi) is 8.21. The van der Waals surface area contributed by atoms with E-state index >= 15 is 0 Å². The van der Waals surface area contributed by atoms with Crippen LogP contribution in [-0.4, -0.2) is 68.4 Å². The normalized spacial score (nSPS) is 16.9. The number of nitrogens with one attached hydrogen (secondary N) is 2. The van der Waals surface area contributed by atoms with Crippen LogP contribution in [0.5, 0.6) is 0 Å². The molecule has 1 aliphatic rings. The van der Waals surface area contributed by atoms with Gasteiger partial charge in [-0.15, -0.1) is 5.10 Å². The van der Waals surface area contributed by atoms with Crippen LogP contribution < -0.4 is 10.6 Å². The molecule has 1 fully saturated rings. The first-order chi connectivity index (χ1) is 14.5. The lowest BCUT2D eigenvalue weighted by molar-refractivity contribution is -0.113. The van der Waals surface area contributed by atoms with Crippen LogP contribution in [0.15, 0.2) is 29.4 Å². The smallest absolute Gasteiger partial charge is 0.251 e. The van der Waals surface area contributed by atoms with Crippen molar-refractivity contribution in [1.29, 1.82) is 0 Å². The highest BCUT2D eigenvalue weighted by Crippen LogP contribution is 2.16. The summed E-state index contributed by atoms with van der Waals surface area (Å²) >= 11 is 1.26. The van der Waals surface area contributed by atoms with Crippen molar-refractivity contribution in [3.8, 4) is 0 Å². The average molecular weight is 432 g/mol. The maximum atomic E-state index is 12.3. The van der Waals surface area contributed by atoms with E-state index < -0.39 is 0 Å². The second-order valence-corrected chi connectivity index (χ2v) is 8.43. The van der Waals surface area contributed by atoms with Gasteiger partial charge in [0, 0.05) is 37.4 Å². The molecular weight excluding hydrogens is 402 g/mol. The van der Waals surface area contributed by atoms with E-state index in [0.29, 0.717) is 29.0 Å². The third kappa shape index (κ3) is 6.53. The molecule has 0 bridgehead atoms. The molecule has 1 aromatic carbocycles. The topological polar surface area (TPSA) is 105 Å². The van der Waals surface area contributed by atoms with Crippen LogP contribution >= 0.6 is 11.8 Å². The Morgan fingerprint density at radius 1 is 1.23 bits per heavy atom. The van der Waals surface area contributed by atoms with E-state index in [0.717, 1.165) is 19.5 Å². The average Bonchev–Trinajstić information content (AvgIpc) is 3.16. The van der Waals surface area contributed by atoms with Gasteiger partial charge in [0.1, 0.15) is 0 Å². The zero-order valence-electron chi connectivity index (χ0n) is 17.5. The summed E-state index contributed by atoms with van der Waals surface area (Å²) in [5, 5.41) is 17.4. The third-order valence-corrected chi connectivity index (χ3v) is 6.20. The Labute approximate surface area is 181 Å². The number of hydrogen-bond acceptors (Lipinski definition) is 7. The largest absolute Gasteiger partial charge is 0.352 e. The Bertz CT molecular complexity index is 840. The number of amides is 2. The predicted molar refractivity (Wildman–Crippen MR) is 116 cm³/mol. The zero-order chi connectivity index (χ0) is 21.3. The first kappa shape index (κ1) is 22.2. The van der Waals surface area contributed by atoms with Gasteiger partial charge in [0.25, 0.3) is 5.91 Å². The van der Waals surface area contributed by atoms with Crippen molar-refractivity contribution in [3.05, 3.63) is 29.8 Å². The molecule has 9 nitrogen and oxygen atoms in total. The van der Waals surface area contributed by atoms with Crippen molar-refractivity contribution in [3.63, 3.8) is 0 Å². The molecule has 162 valence electrons. The van der Waals surface area contributed by atoms with Crippen LogP contribution in [0.3, 0.4) is 0 Å². The van der Waals surface area contributed by atoms with Gasteiger partial charge in [0.15, 0.2) is 0 Å². The van der Waals surface area contributed by atoms with Gasteiger partial charge < -0.3 is 15.5 Å². The van der Waals surface area contributed by atoms with Gasteiger partial charge in [-0.1, -0.05) is 18.2 Å². The molecule has 2 heterocycles. The van der Waals surface area contributed by atoms with E-state index in [1.807, 2.05) is 0 Å². The summed E-state index contributed by atoms with van der Waals surface area (Å²) in [6, 6.07) is 7.55. The highest BCUT2D eigenvalue weighted by atomic mass is 32.2. The van der Waals surface area contributed by atoms with Gasteiger partial charge in [-0.2, -0.15) is 0 Å². The first-order valence-electron chi connectivity index (χ1n) is 10.3. The predicted octanol–water partition coefficient (Wildman–Crippen LogP) is 1.94. The van der Waals surface area contributed by atoms with Crippen molar-refractivity contribution in [2.75, 3.05) is 30.7 Å². The van der Waals surface area contributed by atoms with Gasteiger partial charge in [0.2, 0.25) is 11.1 Å². The number of likely N-dealkylation sites (tertiary alicyclic amines) is 1. The van der Waals surface area contributed by atoms with Crippen molar-refractivity contribution in [2.45, 2.75) is 43.8 Å². The number of rotatable bonds is 9. The van der Waals surface area contributed by atoms with Crippen LogP contribution in [0.25, 0.3) is 0 Å². The summed E-state index contributed by atoms with van der Waals surface area (Å²) in [6.45, 7) is 5.13. The van der Waals surface area contributed by atoms with Gasteiger partial charge in [-0.3, -0.25) is 9.59 Å². The molecule has 1 aliphatic heterocycles. The number of piperidine rings is 1. The van der Waals surface area contributed by atoms with E-state index in [2.05, 4.69) is 38.0 Å². The monoisotopic (exact) mass is 431 g/mol. The minimum atomic E-state index is -0.160.